The molecule has 0 aliphatic heterocycles. The molecule has 0 saturated carbocycles. The second-order valence-corrected chi connectivity index (χ2v) is 7.57. The number of hydrogen-bond donors (Lipinski definition) is 2. The molecule has 1 aromatic heterocycles. The minimum Gasteiger partial charge on any atom is -0.323 e. The molecule has 1 heterocycles. The van der Waals surface area contributed by atoms with Gasteiger partial charge in [-0.05, 0) is 58.9 Å². The molecule has 0 bridgehead atoms. The summed E-state index contributed by atoms with van der Waals surface area (Å²) in [6.45, 7) is 10.9. The summed E-state index contributed by atoms with van der Waals surface area (Å²) in [6, 6.07) is 11.9. The molecule has 2 N–H and O–H groups in total. The zero-order valence-corrected chi connectivity index (χ0v) is 18.6. The van der Waals surface area contributed by atoms with Gasteiger partial charge in [0.05, 0.1) is 17.9 Å². The fourth-order valence-electron chi connectivity index (χ4n) is 3.51. The van der Waals surface area contributed by atoms with E-state index in [9.17, 15) is 9.18 Å². The van der Waals surface area contributed by atoms with Crippen molar-refractivity contribution in [3.63, 3.8) is 0 Å². The highest BCUT2D eigenvalue weighted by molar-refractivity contribution is 6.10. The zero-order chi connectivity index (χ0) is 22.5. The van der Waals surface area contributed by atoms with Crippen molar-refractivity contribution < 1.29 is 9.18 Å². The van der Waals surface area contributed by atoms with E-state index in [-0.39, 0.29) is 17.6 Å². The van der Waals surface area contributed by atoms with Crippen molar-refractivity contribution in [3.8, 4) is 0 Å². The van der Waals surface area contributed by atoms with Crippen molar-refractivity contribution >= 4 is 17.6 Å². The number of guanidine groups is 1. The van der Waals surface area contributed by atoms with E-state index in [4.69, 9.17) is 0 Å². The highest BCUT2D eigenvalue weighted by atomic mass is 19.1. The molecular weight excluding hydrogens is 393 g/mol. The van der Waals surface area contributed by atoms with Crippen molar-refractivity contribution in [1.82, 2.24) is 15.1 Å². The Morgan fingerprint density at radius 1 is 1.10 bits per heavy atom. The van der Waals surface area contributed by atoms with E-state index >= 15 is 0 Å². The Balaban J connectivity index is 1.91. The lowest BCUT2D eigenvalue weighted by atomic mass is 10.1. The number of para-hydroxylation sites is 1. The maximum absolute atomic E-state index is 14.2. The first-order valence-corrected chi connectivity index (χ1v) is 10.3. The number of hydrogen-bond acceptors (Lipinski definition) is 3. The summed E-state index contributed by atoms with van der Waals surface area (Å²) < 4.78 is 16.1. The average molecular weight is 422 g/mol. The van der Waals surface area contributed by atoms with Crippen molar-refractivity contribution in [2.24, 2.45) is 4.99 Å². The topological polar surface area (TPSA) is 71.3 Å². The highest BCUT2D eigenvalue weighted by Gasteiger charge is 2.14. The molecule has 0 aliphatic rings. The minimum atomic E-state index is -0.429. The van der Waals surface area contributed by atoms with Crippen LogP contribution in [-0.2, 0) is 13.1 Å². The molecule has 0 saturated heterocycles. The minimum absolute atomic E-state index is 0.178. The van der Waals surface area contributed by atoms with Crippen molar-refractivity contribution in [2.75, 3.05) is 5.32 Å². The first-order chi connectivity index (χ1) is 14.8. The fourth-order valence-corrected chi connectivity index (χ4v) is 3.51. The lowest BCUT2D eigenvalue weighted by Gasteiger charge is -2.13. The molecule has 31 heavy (non-hydrogen) atoms. The van der Waals surface area contributed by atoms with Gasteiger partial charge in [-0.3, -0.25) is 14.8 Å². The normalized spacial score (nSPS) is 11.5. The number of carbonyl (C=O) groups excluding carboxylic acids is 1. The van der Waals surface area contributed by atoms with E-state index in [1.165, 1.54) is 6.07 Å². The third-order valence-corrected chi connectivity index (χ3v) is 5.07. The Morgan fingerprint density at radius 3 is 2.39 bits per heavy atom. The second kappa shape index (κ2) is 9.55. The van der Waals surface area contributed by atoms with Gasteiger partial charge in [-0.25, -0.2) is 9.38 Å². The molecule has 3 rings (SSSR count). The number of nitrogens with zero attached hydrogens (tertiary/aromatic N) is 3. The van der Waals surface area contributed by atoms with Crippen LogP contribution in [0.4, 0.5) is 10.1 Å². The largest absolute Gasteiger partial charge is 0.323 e. The fraction of sp³-hybridized carbons (Fsp3) is 0.292. The van der Waals surface area contributed by atoms with Gasteiger partial charge in [-0.1, -0.05) is 29.3 Å². The SMILES string of the molecule is CCn1nc(C)c(CN=C(NC(=O)c2cc(C)cc(C)c2)Nc2ccccc2F)c1C. The Bertz CT molecular complexity index is 1110. The van der Waals surface area contributed by atoms with Gasteiger partial charge in [-0.2, -0.15) is 5.10 Å². The monoisotopic (exact) mass is 421 g/mol. The molecule has 6 nitrogen and oxygen atoms in total. The van der Waals surface area contributed by atoms with E-state index in [0.717, 1.165) is 34.6 Å². The Kier molecular flexibility index (Phi) is 6.84. The first-order valence-electron chi connectivity index (χ1n) is 10.3. The number of carbonyl (C=O) groups is 1. The summed E-state index contributed by atoms with van der Waals surface area (Å²) in [5.74, 6) is -0.564. The molecule has 0 radical (unpaired) electrons. The molecule has 0 unspecified atom stereocenters. The number of aryl methyl sites for hydroxylation is 4. The van der Waals surface area contributed by atoms with Crippen molar-refractivity contribution in [3.05, 3.63) is 81.9 Å². The summed E-state index contributed by atoms with van der Waals surface area (Å²) in [6.07, 6.45) is 0. The number of amides is 1. The lowest BCUT2D eigenvalue weighted by Crippen LogP contribution is -2.36. The number of aliphatic imine (C=N–C) groups is 1. The summed E-state index contributed by atoms with van der Waals surface area (Å²) in [7, 11) is 0. The van der Waals surface area contributed by atoms with Crippen LogP contribution in [0.2, 0.25) is 0 Å². The van der Waals surface area contributed by atoms with Gasteiger partial charge in [0.15, 0.2) is 0 Å². The summed E-state index contributed by atoms with van der Waals surface area (Å²) in [5.41, 5.74) is 5.62. The number of rotatable bonds is 5. The molecule has 162 valence electrons. The summed E-state index contributed by atoms with van der Waals surface area (Å²) in [5, 5.41) is 10.2. The number of halogens is 1. The molecular formula is C24H28FN5O. The molecule has 0 aliphatic carbocycles. The van der Waals surface area contributed by atoms with Crippen LogP contribution in [0.3, 0.4) is 0 Å². The maximum Gasteiger partial charge on any atom is 0.257 e. The Labute approximate surface area is 182 Å². The van der Waals surface area contributed by atoms with Crippen molar-refractivity contribution in [1.29, 1.82) is 0 Å². The van der Waals surface area contributed by atoms with Crippen LogP contribution >= 0.6 is 0 Å². The molecule has 1 amide bonds. The number of anilines is 1. The smallest absolute Gasteiger partial charge is 0.257 e. The molecule has 2 aromatic carbocycles. The quantitative estimate of drug-likeness (QED) is 0.464. The van der Waals surface area contributed by atoms with E-state index in [0.29, 0.717) is 12.1 Å². The van der Waals surface area contributed by atoms with Gasteiger partial charge in [-0.15, -0.1) is 0 Å². The van der Waals surface area contributed by atoms with Crippen molar-refractivity contribution in [2.45, 2.75) is 47.7 Å². The third kappa shape index (κ3) is 5.36. The number of aromatic nitrogens is 2. The molecule has 7 heteroatoms. The summed E-state index contributed by atoms with van der Waals surface area (Å²) >= 11 is 0. The van der Waals surface area contributed by atoms with Gasteiger partial charge < -0.3 is 5.32 Å². The molecule has 0 fully saturated rings. The van der Waals surface area contributed by atoms with Gasteiger partial charge in [0.1, 0.15) is 5.82 Å². The van der Waals surface area contributed by atoms with Gasteiger partial charge in [0, 0.05) is 23.4 Å². The summed E-state index contributed by atoms with van der Waals surface area (Å²) in [4.78, 5) is 17.5. The van der Waals surface area contributed by atoms with E-state index in [1.54, 1.807) is 18.2 Å². The van der Waals surface area contributed by atoms with Crippen LogP contribution in [0, 0.1) is 33.5 Å². The Hall–Kier alpha value is -3.48. The van der Waals surface area contributed by atoms with E-state index in [1.807, 2.05) is 57.5 Å². The second-order valence-electron chi connectivity index (χ2n) is 7.57. The first kappa shape index (κ1) is 22.2. The van der Waals surface area contributed by atoms with Crippen LogP contribution in [0.1, 0.15) is 45.4 Å². The van der Waals surface area contributed by atoms with Crippen LogP contribution in [0.5, 0.6) is 0 Å². The van der Waals surface area contributed by atoms with Crippen LogP contribution in [0.25, 0.3) is 0 Å². The third-order valence-electron chi connectivity index (χ3n) is 5.07. The number of benzene rings is 2. The highest BCUT2D eigenvalue weighted by Crippen LogP contribution is 2.16. The predicted octanol–water partition coefficient (Wildman–Crippen LogP) is 4.67. The molecule has 0 atom stereocenters. The van der Waals surface area contributed by atoms with Crippen LogP contribution in [0.15, 0.2) is 47.5 Å². The molecule has 0 spiro atoms. The van der Waals surface area contributed by atoms with Gasteiger partial charge in [0.2, 0.25) is 5.96 Å². The average Bonchev–Trinajstić information content (AvgIpc) is 3.00. The van der Waals surface area contributed by atoms with Gasteiger partial charge in [0.25, 0.3) is 5.91 Å². The molecule has 3 aromatic rings. The zero-order valence-electron chi connectivity index (χ0n) is 18.6. The van der Waals surface area contributed by atoms with E-state index < -0.39 is 5.82 Å². The van der Waals surface area contributed by atoms with Crippen LogP contribution < -0.4 is 10.6 Å². The Morgan fingerprint density at radius 2 is 1.77 bits per heavy atom. The number of nitrogens with one attached hydrogen (secondary N) is 2. The van der Waals surface area contributed by atoms with Gasteiger partial charge >= 0.3 is 0 Å². The van der Waals surface area contributed by atoms with E-state index in [2.05, 4.69) is 20.7 Å². The predicted molar refractivity (Wildman–Crippen MR) is 122 cm³/mol. The maximum atomic E-state index is 14.2. The standard InChI is InChI=1S/C24H28FN5O/c1-6-30-18(5)20(17(4)29-30)14-26-24(27-22-10-8-7-9-21(22)25)28-23(31)19-12-15(2)11-16(3)13-19/h7-13H,6,14H2,1-5H3,(H2,26,27,28,31). The lowest BCUT2D eigenvalue weighted by molar-refractivity contribution is 0.0976. The van der Waals surface area contributed by atoms with Crippen LogP contribution in [-0.4, -0.2) is 21.6 Å².